The van der Waals surface area contributed by atoms with Crippen molar-refractivity contribution in [3.05, 3.63) is 108 Å². The third kappa shape index (κ3) is 3.30. The highest BCUT2D eigenvalue weighted by Gasteiger charge is 2.74. The second kappa shape index (κ2) is 8.76. The number of ketones is 1. The Labute approximate surface area is 207 Å². The van der Waals surface area contributed by atoms with Gasteiger partial charge in [0.25, 0.3) is 5.78 Å². The molecule has 3 aromatic rings. The van der Waals surface area contributed by atoms with Crippen LogP contribution in [-0.4, -0.2) is 25.0 Å². The number of ether oxygens (including phenoxy) is 2. The minimum atomic E-state index is -0.856. The number of benzene rings is 3. The number of esters is 1. The van der Waals surface area contributed by atoms with E-state index in [1.807, 2.05) is 42.5 Å². The molecular weight excluding hydrogens is 436 g/mol. The second-order valence-electron chi connectivity index (χ2n) is 10.4. The predicted molar refractivity (Wildman–Crippen MR) is 135 cm³/mol. The van der Waals surface area contributed by atoms with Crippen LogP contribution < -0.4 is 0 Å². The molecule has 4 heteroatoms. The summed E-state index contributed by atoms with van der Waals surface area (Å²) >= 11 is 0. The average Bonchev–Trinajstić information content (AvgIpc) is 3.28. The van der Waals surface area contributed by atoms with E-state index >= 15 is 0 Å². The van der Waals surface area contributed by atoms with E-state index in [-0.39, 0.29) is 5.41 Å². The molecule has 4 nitrogen and oxygen atoms in total. The Morgan fingerprint density at radius 3 is 1.83 bits per heavy atom. The summed E-state index contributed by atoms with van der Waals surface area (Å²) in [6, 6.07) is 29.1. The van der Waals surface area contributed by atoms with Gasteiger partial charge in [0.1, 0.15) is 11.7 Å². The molecule has 0 saturated heterocycles. The van der Waals surface area contributed by atoms with Gasteiger partial charge < -0.3 is 9.47 Å². The Morgan fingerprint density at radius 2 is 1.34 bits per heavy atom. The largest absolute Gasteiger partial charge is 0.456 e. The van der Waals surface area contributed by atoms with Gasteiger partial charge in [-0.1, -0.05) is 105 Å². The molecule has 0 heterocycles. The van der Waals surface area contributed by atoms with E-state index in [0.29, 0.717) is 17.9 Å². The van der Waals surface area contributed by atoms with Gasteiger partial charge in [0.15, 0.2) is 0 Å². The lowest BCUT2D eigenvalue weighted by Crippen LogP contribution is -2.58. The average molecular weight is 469 g/mol. The van der Waals surface area contributed by atoms with Crippen molar-refractivity contribution in [2.45, 2.75) is 44.8 Å². The minimum Gasteiger partial charge on any atom is -0.456 e. The number of fused-ring (bicyclic) bond motifs is 2. The summed E-state index contributed by atoms with van der Waals surface area (Å²) in [7, 11) is 1.75. The summed E-state index contributed by atoms with van der Waals surface area (Å²) in [5.41, 5.74) is 0.785. The summed E-state index contributed by atoms with van der Waals surface area (Å²) in [6.07, 6.45) is 2.11. The number of methoxy groups -OCH3 is 1. The predicted octanol–water partition coefficient (Wildman–Crippen LogP) is 6.20. The molecule has 35 heavy (non-hydrogen) atoms. The van der Waals surface area contributed by atoms with Crippen molar-refractivity contribution in [1.82, 2.24) is 0 Å². The van der Waals surface area contributed by atoms with Crippen LogP contribution in [0.4, 0.5) is 0 Å². The van der Waals surface area contributed by atoms with Gasteiger partial charge in [0, 0.05) is 12.7 Å². The van der Waals surface area contributed by atoms with Crippen molar-refractivity contribution in [3.8, 4) is 0 Å². The summed E-state index contributed by atoms with van der Waals surface area (Å²) in [5, 5.41) is 0. The maximum absolute atomic E-state index is 13.2. The van der Waals surface area contributed by atoms with Crippen LogP contribution in [0.2, 0.25) is 0 Å². The Hall–Kier alpha value is -3.24. The fraction of sp³-hybridized carbons (Fsp3) is 0.355. The first-order valence-electron chi connectivity index (χ1n) is 12.3. The summed E-state index contributed by atoms with van der Waals surface area (Å²) in [4.78, 5) is 26.2. The molecule has 0 N–H and O–H groups in total. The molecule has 2 aliphatic rings. The SMILES string of the molecule is COC(c1ccccc1)(c1ccccc1)[C@]12CC[C@H](C[C@H]1OC(=O)C(=O)c1ccccc1)C2(C)C. The zero-order valence-electron chi connectivity index (χ0n) is 20.6. The summed E-state index contributed by atoms with van der Waals surface area (Å²) in [5.74, 6) is -1.05. The van der Waals surface area contributed by atoms with Crippen LogP contribution in [0.5, 0.6) is 0 Å². The zero-order valence-corrected chi connectivity index (χ0v) is 20.6. The Morgan fingerprint density at radius 1 is 0.829 bits per heavy atom. The van der Waals surface area contributed by atoms with Gasteiger partial charge in [-0.25, -0.2) is 4.79 Å². The number of hydrogen-bond acceptors (Lipinski definition) is 4. The number of rotatable bonds is 7. The van der Waals surface area contributed by atoms with Crippen LogP contribution in [0.25, 0.3) is 0 Å². The smallest absolute Gasteiger partial charge is 0.379 e. The van der Waals surface area contributed by atoms with Crippen molar-refractivity contribution in [3.63, 3.8) is 0 Å². The first kappa shape index (κ1) is 23.5. The molecule has 0 spiro atoms. The number of hydrogen-bond donors (Lipinski definition) is 0. The molecule has 180 valence electrons. The molecule has 0 unspecified atom stereocenters. The first-order chi connectivity index (χ1) is 16.9. The van der Waals surface area contributed by atoms with Crippen molar-refractivity contribution < 1.29 is 19.1 Å². The van der Waals surface area contributed by atoms with Crippen molar-refractivity contribution in [2.75, 3.05) is 7.11 Å². The molecule has 5 rings (SSSR count). The van der Waals surface area contributed by atoms with E-state index < -0.39 is 28.9 Å². The van der Waals surface area contributed by atoms with Crippen LogP contribution in [0.3, 0.4) is 0 Å². The van der Waals surface area contributed by atoms with Gasteiger partial charge in [-0.15, -0.1) is 0 Å². The molecule has 0 aromatic heterocycles. The molecule has 2 fully saturated rings. The summed E-state index contributed by atoms with van der Waals surface area (Å²) in [6.45, 7) is 4.55. The Bertz CT molecular complexity index is 1160. The van der Waals surface area contributed by atoms with Crippen LogP contribution in [0.1, 0.15) is 54.6 Å². The van der Waals surface area contributed by atoms with E-state index in [9.17, 15) is 9.59 Å². The van der Waals surface area contributed by atoms with Crippen LogP contribution in [-0.2, 0) is 19.9 Å². The topological polar surface area (TPSA) is 52.6 Å². The Balaban J connectivity index is 1.66. The third-order valence-electron chi connectivity index (χ3n) is 8.87. The number of carbonyl (C=O) groups excluding carboxylic acids is 2. The van der Waals surface area contributed by atoms with Gasteiger partial charge in [-0.3, -0.25) is 4.79 Å². The van der Waals surface area contributed by atoms with Gasteiger partial charge in [0.2, 0.25) is 0 Å². The highest BCUT2D eigenvalue weighted by atomic mass is 16.6. The molecule has 0 radical (unpaired) electrons. The van der Waals surface area contributed by atoms with E-state index in [1.54, 1.807) is 31.4 Å². The second-order valence-corrected chi connectivity index (χ2v) is 10.4. The van der Waals surface area contributed by atoms with E-state index in [4.69, 9.17) is 9.47 Å². The van der Waals surface area contributed by atoms with Crippen molar-refractivity contribution >= 4 is 11.8 Å². The molecular formula is C31H32O4. The fourth-order valence-electron chi connectivity index (χ4n) is 7.24. The van der Waals surface area contributed by atoms with Gasteiger partial charge >= 0.3 is 5.97 Å². The molecule has 2 saturated carbocycles. The third-order valence-corrected chi connectivity index (χ3v) is 8.87. The molecule has 0 aliphatic heterocycles. The fourth-order valence-corrected chi connectivity index (χ4v) is 7.24. The monoisotopic (exact) mass is 468 g/mol. The van der Waals surface area contributed by atoms with Crippen LogP contribution in [0, 0.1) is 16.7 Å². The molecule has 3 atom stereocenters. The number of Topliss-reactive ketones (excluding diaryl/α,β-unsaturated/α-hetero) is 1. The highest BCUT2D eigenvalue weighted by Crippen LogP contribution is 2.74. The van der Waals surface area contributed by atoms with Crippen LogP contribution in [0.15, 0.2) is 91.0 Å². The maximum Gasteiger partial charge on any atom is 0.379 e. The van der Waals surface area contributed by atoms with Gasteiger partial charge in [-0.2, -0.15) is 0 Å². The van der Waals surface area contributed by atoms with Crippen molar-refractivity contribution in [2.24, 2.45) is 16.7 Å². The van der Waals surface area contributed by atoms with Gasteiger partial charge in [-0.05, 0) is 41.7 Å². The van der Waals surface area contributed by atoms with Gasteiger partial charge in [0.05, 0.1) is 5.41 Å². The van der Waals surface area contributed by atoms with E-state index in [1.165, 1.54) is 0 Å². The normalized spacial score (nSPS) is 24.8. The maximum atomic E-state index is 13.2. The lowest BCUT2D eigenvalue weighted by atomic mass is 9.54. The summed E-state index contributed by atoms with van der Waals surface area (Å²) < 4.78 is 12.8. The minimum absolute atomic E-state index is 0.199. The first-order valence-corrected chi connectivity index (χ1v) is 12.3. The lowest BCUT2D eigenvalue weighted by Gasteiger charge is -2.55. The number of carbonyl (C=O) groups is 2. The molecule has 2 bridgehead atoms. The van der Waals surface area contributed by atoms with Crippen molar-refractivity contribution in [1.29, 1.82) is 0 Å². The standard InChI is InChI=1S/C31H32O4/c1-29(2)25-19-20-30(29,26(21-25)35-28(33)27(32)22-13-7-4-8-14-22)31(34-3,23-15-9-5-10-16-23)24-17-11-6-12-18-24/h4-18,25-26H,19-21H2,1-3H3/t25-,26-,30-/m1/s1. The Kier molecular flexibility index (Phi) is 5.88. The molecule has 0 amide bonds. The zero-order chi connectivity index (χ0) is 24.7. The van der Waals surface area contributed by atoms with E-state index in [2.05, 4.69) is 38.1 Å². The molecule has 3 aromatic carbocycles. The van der Waals surface area contributed by atoms with E-state index in [0.717, 1.165) is 24.0 Å². The quantitative estimate of drug-likeness (QED) is 0.235. The lowest BCUT2D eigenvalue weighted by molar-refractivity contribution is -0.189. The highest BCUT2D eigenvalue weighted by molar-refractivity contribution is 6.40. The molecule has 2 aliphatic carbocycles. The van der Waals surface area contributed by atoms with Crippen LogP contribution >= 0.6 is 0 Å².